The monoisotopic (exact) mass is 216 g/mol. The van der Waals surface area contributed by atoms with Gasteiger partial charge < -0.3 is 9.47 Å². The Morgan fingerprint density at radius 2 is 1.93 bits per heavy atom. The van der Waals surface area contributed by atoms with Gasteiger partial charge in [0, 0.05) is 0 Å². The van der Waals surface area contributed by atoms with E-state index in [1.54, 1.807) is 6.92 Å². The molecule has 0 unspecified atom stereocenters. The molecule has 15 heavy (non-hydrogen) atoms. The Morgan fingerprint density at radius 1 is 1.33 bits per heavy atom. The van der Waals surface area contributed by atoms with Crippen LogP contribution < -0.4 is 4.74 Å². The summed E-state index contributed by atoms with van der Waals surface area (Å²) >= 11 is 0. The molecule has 0 fully saturated rings. The van der Waals surface area contributed by atoms with Crippen LogP contribution in [0, 0.1) is 0 Å². The van der Waals surface area contributed by atoms with Gasteiger partial charge in [0.2, 0.25) is 0 Å². The van der Waals surface area contributed by atoms with Crippen molar-refractivity contribution in [1.82, 2.24) is 0 Å². The molecule has 0 heterocycles. The number of carbonyl (C=O) groups excluding carboxylic acids is 1. The fourth-order valence-corrected chi connectivity index (χ4v) is 0.987. The first-order valence-corrected chi connectivity index (χ1v) is 4.35. The number of hydrogen-bond acceptors (Lipinski definition) is 3. The molecule has 0 aliphatic carbocycles. The molecule has 1 aromatic rings. The van der Waals surface area contributed by atoms with E-state index in [9.17, 15) is 13.6 Å². The van der Waals surface area contributed by atoms with E-state index in [-0.39, 0.29) is 12.4 Å². The molecule has 0 aliphatic rings. The summed E-state index contributed by atoms with van der Waals surface area (Å²) in [7, 11) is 0. The zero-order valence-electron chi connectivity index (χ0n) is 8.07. The summed E-state index contributed by atoms with van der Waals surface area (Å²) in [6, 6.07) is 5.32. The summed E-state index contributed by atoms with van der Waals surface area (Å²) in [5.41, 5.74) is 0.304. The lowest BCUT2D eigenvalue weighted by Crippen LogP contribution is -2.05. The van der Waals surface area contributed by atoms with E-state index in [1.807, 2.05) is 0 Å². The molecule has 82 valence electrons. The highest BCUT2D eigenvalue weighted by molar-refractivity contribution is 5.89. The average Bonchev–Trinajstić information content (AvgIpc) is 2.18. The number of benzene rings is 1. The summed E-state index contributed by atoms with van der Waals surface area (Å²) in [5.74, 6) is -0.473. The molecule has 0 radical (unpaired) electrons. The van der Waals surface area contributed by atoms with Crippen molar-refractivity contribution in [2.75, 3.05) is 6.61 Å². The van der Waals surface area contributed by atoms with E-state index in [0.29, 0.717) is 5.56 Å². The van der Waals surface area contributed by atoms with E-state index >= 15 is 0 Å². The van der Waals surface area contributed by atoms with Crippen LogP contribution in [0.1, 0.15) is 17.3 Å². The second kappa shape index (κ2) is 5.29. The van der Waals surface area contributed by atoms with Crippen LogP contribution in [0.25, 0.3) is 0 Å². The van der Waals surface area contributed by atoms with Crippen LogP contribution in [0.4, 0.5) is 8.78 Å². The molecule has 0 bridgehead atoms. The molecule has 0 N–H and O–H groups in total. The third-order valence-electron chi connectivity index (χ3n) is 1.59. The van der Waals surface area contributed by atoms with Crippen molar-refractivity contribution in [3.63, 3.8) is 0 Å². The predicted octanol–water partition coefficient (Wildman–Crippen LogP) is 2.46. The number of esters is 1. The zero-order chi connectivity index (χ0) is 11.3. The second-order valence-electron chi connectivity index (χ2n) is 2.62. The Bertz CT molecular complexity index is 322. The van der Waals surface area contributed by atoms with Crippen molar-refractivity contribution < 1.29 is 23.0 Å². The Balaban J connectivity index is 2.67. The van der Waals surface area contributed by atoms with Crippen LogP contribution >= 0.6 is 0 Å². The van der Waals surface area contributed by atoms with Gasteiger partial charge in [-0.15, -0.1) is 0 Å². The maximum Gasteiger partial charge on any atom is 0.387 e. The molecule has 1 rings (SSSR count). The maximum atomic E-state index is 11.8. The maximum absolute atomic E-state index is 11.8. The molecule has 0 atom stereocenters. The average molecular weight is 216 g/mol. The normalized spacial score (nSPS) is 10.1. The predicted molar refractivity (Wildman–Crippen MR) is 49.0 cm³/mol. The van der Waals surface area contributed by atoms with E-state index < -0.39 is 12.6 Å². The smallest absolute Gasteiger partial charge is 0.387 e. The summed E-state index contributed by atoms with van der Waals surface area (Å²) in [5, 5.41) is 0. The Hall–Kier alpha value is -1.65. The first-order chi connectivity index (χ1) is 7.13. The summed E-state index contributed by atoms with van der Waals surface area (Å²) in [6.07, 6.45) is 0. The fourth-order valence-electron chi connectivity index (χ4n) is 0.987. The molecule has 0 saturated heterocycles. The molecule has 3 nitrogen and oxygen atoms in total. The lowest BCUT2D eigenvalue weighted by atomic mass is 10.2. The molecule has 5 heteroatoms. The number of hydrogen-bond donors (Lipinski definition) is 0. The highest BCUT2D eigenvalue weighted by Gasteiger charge is 2.07. The van der Waals surface area contributed by atoms with Gasteiger partial charge in [-0.2, -0.15) is 8.78 Å². The lowest BCUT2D eigenvalue weighted by Gasteiger charge is -2.05. The third-order valence-corrected chi connectivity index (χ3v) is 1.59. The van der Waals surface area contributed by atoms with Crippen molar-refractivity contribution in [2.45, 2.75) is 13.5 Å². The molecule has 0 spiro atoms. The summed E-state index contributed by atoms with van der Waals surface area (Å²) in [6.45, 7) is -0.904. The van der Waals surface area contributed by atoms with E-state index in [1.165, 1.54) is 24.3 Å². The highest BCUT2D eigenvalue weighted by Crippen LogP contribution is 2.15. The first-order valence-electron chi connectivity index (χ1n) is 4.35. The minimum atomic E-state index is -2.86. The molecule has 0 saturated carbocycles. The topological polar surface area (TPSA) is 35.5 Å². The van der Waals surface area contributed by atoms with E-state index in [2.05, 4.69) is 4.74 Å². The molecular weight excluding hydrogens is 206 g/mol. The van der Waals surface area contributed by atoms with Crippen LogP contribution in [0.2, 0.25) is 0 Å². The Morgan fingerprint density at radius 3 is 2.40 bits per heavy atom. The number of halogens is 2. The van der Waals surface area contributed by atoms with Gasteiger partial charge in [0.05, 0.1) is 12.2 Å². The minimum Gasteiger partial charge on any atom is -0.462 e. The van der Waals surface area contributed by atoms with Gasteiger partial charge >= 0.3 is 12.6 Å². The number of rotatable bonds is 4. The van der Waals surface area contributed by atoms with Crippen molar-refractivity contribution >= 4 is 5.97 Å². The summed E-state index contributed by atoms with van der Waals surface area (Å²) < 4.78 is 32.4. The van der Waals surface area contributed by atoms with Gasteiger partial charge in [0.25, 0.3) is 0 Å². The third kappa shape index (κ3) is 3.53. The van der Waals surface area contributed by atoms with E-state index in [4.69, 9.17) is 4.74 Å². The highest BCUT2D eigenvalue weighted by atomic mass is 19.3. The van der Waals surface area contributed by atoms with Crippen molar-refractivity contribution in [3.8, 4) is 5.75 Å². The van der Waals surface area contributed by atoms with Gasteiger partial charge in [-0.25, -0.2) is 4.79 Å². The van der Waals surface area contributed by atoms with E-state index in [0.717, 1.165) is 0 Å². The van der Waals surface area contributed by atoms with Crippen molar-refractivity contribution in [1.29, 1.82) is 0 Å². The second-order valence-corrected chi connectivity index (χ2v) is 2.62. The molecule has 1 aromatic carbocycles. The van der Waals surface area contributed by atoms with Crippen LogP contribution in [0.15, 0.2) is 24.3 Å². The van der Waals surface area contributed by atoms with Gasteiger partial charge in [-0.3, -0.25) is 0 Å². The quantitative estimate of drug-likeness (QED) is 0.725. The molecule has 0 aliphatic heterocycles. The Labute approximate surface area is 85.6 Å². The van der Waals surface area contributed by atoms with Gasteiger partial charge in [0.15, 0.2) is 0 Å². The molecular formula is C10H10F2O3. The molecule has 0 aromatic heterocycles. The van der Waals surface area contributed by atoms with Crippen LogP contribution in [-0.2, 0) is 4.74 Å². The number of ether oxygens (including phenoxy) is 2. The van der Waals surface area contributed by atoms with Gasteiger partial charge in [0.1, 0.15) is 5.75 Å². The summed E-state index contributed by atoms with van der Waals surface area (Å²) in [4.78, 5) is 11.2. The zero-order valence-corrected chi connectivity index (χ0v) is 8.07. The van der Waals surface area contributed by atoms with Crippen LogP contribution in [-0.4, -0.2) is 19.2 Å². The van der Waals surface area contributed by atoms with Crippen molar-refractivity contribution in [3.05, 3.63) is 29.8 Å². The fraction of sp³-hybridized carbons (Fsp3) is 0.300. The van der Waals surface area contributed by atoms with Gasteiger partial charge in [-0.1, -0.05) is 0 Å². The largest absolute Gasteiger partial charge is 0.462 e. The van der Waals surface area contributed by atoms with Gasteiger partial charge in [-0.05, 0) is 31.2 Å². The Kier molecular flexibility index (Phi) is 4.03. The van der Waals surface area contributed by atoms with Crippen molar-refractivity contribution in [2.24, 2.45) is 0 Å². The van der Waals surface area contributed by atoms with Crippen LogP contribution in [0.3, 0.4) is 0 Å². The first kappa shape index (κ1) is 11.4. The van der Waals surface area contributed by atoms with Crippen LogP contribution in [0.5, 0.6) is 5.75 Å². The SMILES string of the molecule is CCOC(=O)c1ccc(OC(F)F)cc1. The standard InChI is InChI=1S/C10H10F2O3/c1-2-14-9(13)7-3-5-8(6-4-7)15-10(11)12/h3-6,10H,2H2,1H3. The number of alkyl halides is 2. The number of carbonyl (C=O) groups is 1. The lowest BCUT2D eigenvalue weighted by molar-refractivity contribution is -0.0498. The molecule has 0 amide bonds. The minimum absolute atomic E-state index is 0.0121.